The minimum atomic E-state index is -2.81. The molecule has 4 bridgehead atoms. The monoisotopic (exact) mass is 551 g/mol. The molecule has 0 radical (unpaired) electrons. The van der Waals surface area contributed by atoms with E-state index in [4.69, 9.17) is 0 Å². The van der Waals surface area contributed by atoms with E-state index >= 15 is 4.57 Å². The highest BCUT2D eigenvalue weighted by Crippen LogP contribution is 2.68. The molecule has 4 fully saturated rings. The highest BCUT2D eigenvalue weighted by molar-refractivity contribution is 7.66. The van der Waals surface area contributed by atoms with Crippen molar-refractivity contribution in [3.05, 3.63) is 47.3 Å². The number of hydrogen-bond acceptors (Lipinski definition) is 1. The van der Waals surface area contributed by atoms with Crippen molar-refractivity contribution in [1.82, 2.24) is 4.67 Å². The van der Waals surface area contributed by atoms with Crippen molar-refractivity contribution < 1.29 is 4.57 Å². The van der Waals surface area contributed by atoms with Crippen LogP contribution in [-0.4, -0.2) is 22.4 Å². The van der Waals surface area contributed by atoms with Crippen LogP contribution in [0.1, 0.15) is 148 Å². The molecule has 0 N–H and O–H groups in total. The molecule has 0 aromatic heterocycles. The SMILES string of the molecule is CC1=C/C=C\C=C/C(P2(=O)C3CCCCCCC(CC3)C3CCCCCCCC(C3)N2C2CCCCCC2)=C1. The third-order valence-electron chi connectivity index (χ3n) is 11.1. The minimum Gasteiger partial charge on any atom is -0.301 e. The Labute approximate surface area is 241 Å². The van der Waals surface area contributed by atoms with Crippen LogP contribution in [0, 0.1) is 11.8 Å². The van der Waals surface area contributed by atoms with Crippen LogP contribution in [-0.2, 0) is 4.57 Å². The van der Waals surface area contributed by atoms with Gasteiger partial charge in [0.05, 0.1) is 0 Å². The van der Waals surface area contributed by atoms with Crippen molar-refractivity contribution >= 4 is 7.29 Å². The molecule has 1 heterocycles. The summed E-state index contributed by atoms with van der Waals surface area (Å²) in [6.07, 6.45) is 42.6. The topological polar surface area (TPSA) is 20.3 Å². The van der Waals surface area contributed by atoms with Crippen LogP contribution in [0.3, 0.4) is 0 Å². The molecule has 1 aliphatic heterocycles. The fourth-order valence-electron chi connectivity index (χ4n) is 9.02. The van der Waals surface area contributed by atoms with Crippen LogP contribution in [0.5, 0.6) is 0 Å². The van der Waals surface area contributed by atoms with Gasteiger partial charge in [0.2, 0.25) is 0 Å². The Morgan fingerprint density at radius 3 is 1.92 bits per heavy atom. The Kier molecular flexibility index (Phi) is 11.3. The molecule has 3 saturated carbocycles. The summed E-state index contributed by atoms with van der Waals surface area (Å²) >= 11 is 0. The standard InChI is InChI=1S/C36H58NOP/c1-30-18-10-9-17-25-36(28-30)39(38)35-24-16-8-5-11-19-31(26-27-35)32-20-12-3-2-4-15-23-34(29-32)37(39)33-21-13-6-7-14-22-33/h9-10,17-18,25,28,31-35H,2-8,11-16,19-24,26-27,29H2,1H3/b10-9-,17-9?,18-10?,25-17-,30-18?,30-28?,36-25?,36-28?. The van der Waals surface area contributed by atoms with Crippen molar-refractivity contribution in [1.29, 1.82) is 0 Å². The van der Waals surface area contributed by atoms with Crippen molar-refractivity contribution in [3.8, 4) is 0 Å². The summed E-state index contributed by atoms with van der Waals surface area (Å²) in [5, 5.41) is 1.18. The molecule has 5 unspecified atom stereocenters. The molecular weight excluding hydrogens is 493 g/mol. The molecule has 5 aliphatic rings. The van der Waals surface area contributed by atoms with Gasteiger partial charge in [0, 0.05) is 23.1 Å². The zero-order valence-corrected chi connectivity index (χ0v) is 26.1. The first-order valence-corrected chi connectivity index (χ1v) is 19.0. The van der Waals surface area contributed by atoms with Gasteiger partial charge in [0.15, 0.2) is 7.29 Å². The zero-order valence-electron chi connectivity index (χ0n) is 25.2. The molecule has 218 valence electrons. The van der Waals surface area contributed by atoms with Crippen molar-refractivity contribution in [3.63, 3.8) is 0 Å². The summed E-state index contributed by atoms with van der Waals surface area (Å²) in [7, 11) is -2.81. The molecule has 2 nitrogen and oxygen atoms in total. The Morgan fingerprint density at radius 2 is 1.21 bits per heavy atom. The first kappa shape index (κ1) is 29.6. The molecule has 0 spiro atoms. The Balaban J connectivity index is 1.67. The van der Waals surface area contributed by atoms with Crippen molar-refractivity contribution in [2.75, 3.05) is 0 Å². The Morgan fingerprint density at radius 1 is 0.615 bits per heavy atom. The van der Waals surface area contributed by atoms with Gasteiger partial charge >= 0.3 is 0 Å². The highest BCUT2D eigenvalue weighted by Gasteiger charge is 2.48. The van der Waals surface area contributed by atoms with E-state index < -0.39 is 7.29 Å². The van der Waals surface area contributed by atoms with Gasteiger partial charge in [0.1, 0.15) is 0 Å². The summed E-state index contributed by atoms with van der Waals surface area (Å²) in [5.41, 5.74) is 1.57. The quantitative estimate of drug-likeness (QED) is 0.251. The molecule has 4 aliphatic carbocycles. The van der Waals surface area contributed by atoms with Gasteiger partial charge in [-0.15, -0.1) is 0 Å². The minimum absolute atomic E-state index is 0.319. The normalized spacial score (nSPS) is 38.4. The number of nitrogens with zero attached hydrogens (tertiary/aromatic N) is 1. The lowest BCUT2D eigenvalue weighted by Gasteiger charge is -2.47. The average molecular weight is 552 g/mol. The third kappa shape index (κ3) is 7.52. The van der Waals surface area contributed by atoms with E-state index in [2.05, 4.69) is 48.1 Å². The second kappa shape index (κ2) is 14.9. The third-order valence-corrected chi connectivity index (χ3v) is 15.0. The predicted octanol–water partition coefficient (Wildman–Crippen LogP) is 11.5. The fraction of sp³-hybridized carbons (Fsp3) is 0.778. The van der Waals surface area contributed by atoms with E-state index in [9.17, 15) is 0 Å². The second-order valence-corrected chi connectivity index (χ2v) is 16.8. The van der Waals surface area contributed by atoms with Gasteiger partial charge < -0.3 is 4.57 Å². The van der Waals surface area contributed by atoms with Crippen LogP contribution in [0.4, 0.5) is 0 Å². The van der Waals surface area contributed by atoms with Gasteiger partial charge in [-0.1, -0.05) is 132 Å². The molecule has 1 saturated heterocycles. The van der Waals surface area contributed by atoms with E-state index in [1.165, 1.54) is 146 Å². The molecule has 5 atom stereocenters. The van der Waals surface area contributed by atoms with E-state index in [0.717, 1.165) is 18.3 Å². The lowest BCUT2D eigenvalue weighted by atomic mass is 9.76. The maximum atomic E-state index is 16.5. The van der Waals surface area contributed by atoms with Crippen molar-refractivity contribution in [2.45, 2.75) is 166 Å². The number of rotatable bonds is 2. The van der Waals surface area contributed by atoms with Crippen LogP contribution >= 0.6 is 7.29 Å². The molecule has 5 rings (SSSR count). The van der Waals surface area contributed by atoms with E-state index in [-0.39, 0.29) is 0 Å². The second-order valence-electron chi connectivity index (χ2n) is 13.8. The van der Waals surface area contributed by atoms with Crippen molar-refractivity contribution in [2.24, 2.45) is 11.8 Å². The molecule has 0 amide bonds. The maximum Gasteiger partial charge on any atom is 0.182 e. The van der Waals surface area contributed by atoms with Gasteiger partial charge in [0.25, 0.3) is 0 Å². The van der Waals surface area contributed by atoms with Crippen LogP contribution in [0.25, 0.3) is 0 Å². The summed E-state index contributed by atoms with van der Waals surface area (Å²) < 4.78 is 19.4. The first-order valence-electron chi connectivity index (χ1n) is 17.3. The lowest BCUT2D eigenvalue weighted by Crippen LogP contribution is -2.44. The highest BCUT2D eigenvalue weighted by atomic mass is 31.2. The molecule has 39 heavy (non-hydrogen) atoms. The molecular formula is C36H58NOP. The van der Waals surface area contributed by atoms with E-state index in [1.54, 1.807) is 0 Å². The van der Waals surface area contributed by atoms with Crippen LogP contribution in [0.2, 0.25) is 0 Å². The van der Waals surface area contributed by atoms with Gasteiger partial charge in [-0.05, 0) is 69.8 Å². The Hall–Kier alpha value is -0.850. The summed E-state index contributed by atoms with van der Waals surface area (Å²) in [6, 6.07) is 0.987. The number of allylic oxidation sites excluding steroid dienone is 8. The Bertz CT molecular complexity index is 936. The molecule has 0 aromatic rings. The van der Waals surface area contributed by atoms with E-state index in [0.29, 0.717) is 17.7 Å². The van der Waals surface area contributed by atoms with Gasteiger partial charge in [-0.3, -0.25) is 0 Å². The smallest absolute Gasteiger partial charge is 0.182 e. The largest absolute Gasteiger partial charge is 0.301 e. The lowest BCUT2D eigenvalue weighted by molar-refractivity contribution is 0.153. The predicted molar refractivity (Wildman–Crippen MR) is 169 cm³/mol. The van der Waals surface area contributed by atoms with Crippen LogP contribution < -0.4 is 0 Å². The summed E-state index contributed by atoms with van der Waals surface area (Å²) in [6.45, 7) is 2.21. The zero-order chi connectivity index (χ0) is 26.9. The van der Waals surface area contributed by atoms with Gasteiger partial charge in [-0.25, -0.2) is 4.67 Å². The number of hydrogen-bond donors (Lipinski definition) is 0. The summed E-state index contributed by atoms with van der Waals surface area (Å²) in [5.74, 6) is 1.68. The average Bonchev–Trinajstić information content (AvgIpc) is 3.19. The first-order chi connectivity index (χ1) is 19.2. The molecule has 0 aromatic carbocycles. The van der Waals surface area contributed by atoms with E-state index in [1.807, 2.05) is 0 Å². The number of fused-ring (bicyclic) bond motifs is 6. The van der Waals surface area contributed by atoms with Gasteiger partial charge in [-0.2, -0.15) is 0 Å². The fourth-order valence-corrected chi connectivity index (χ4v) is 13.2. The molecule has 3 heteroatoms. The summed E-state index contributed by atoms with van der Waals surface area (Å²) in [4.78, 5) is 0. The van der Waals surface area contributed by atoms with Crippen LogP contribution in [0.15, 0.2) is 47.3 Å². The maximum absolute atomic E-state index is 16.5.